The van der Waals surface area contributed by atoms with Crippen molar-refractivity contribution in [2.75, 3.05) is 0 Å². The van der Waals surface area contributed by atoms with Crippen LogP contribution in [0.1, 0.15) is 24.8 Å². The molecule has 17 heavy (non-hydrogen) atoms. The molecule has 90 valence electrons. The number of hydrogen-bond donors (Lipinski definition) is 0. The predicted octanol–water partition coefficient (Wildman–Crippen LogP) is 2.50. The Morgan fingerprint density at radius 2 is 2.18 bits per heavy atom. The molecular formula is C14H15FO2. The molecule has 0 aromatic heterocycles. The molecule has 0 radical (unpaired) electrons. The van der Waals surface area contributed by atoms with Gasteiger partial charge >= 0.3 is 0 Å². The summed E-state index contributed by atoms with van der Waals surface area (Å²) in [6.07, 6.45) is 3.46. The van der Waals surface area contributed by atoms with Gasteiger partial charge in [0.2, 0.25) is 0 Å². The quantitative estimate of drug-likeness (QED) is 0.803. The van der Waals surface area contributed by atoms with Crippen LogP contribution in [0.2, 0.25) is 0 Å². The van der Waals surface area contributed by atoms with Crippen molar-refractivity contribution in [3.05, 3.63) is 35.6 Å². The van der Waals surface area contributed by atoms with Crippen molar-refractivity contribution < 1.29 is 13.9 Å². The van der Waals surface area contributed by atoms with Crippen molar-refractivity contribution >= 4 is 5.78 Å². The molecule has 2 saturated heterocycles. The summed E-state index contributed by atoms with van der Waals surface area (Å²) in [5.41, 5.74) is 0.500. The van der Waals surface area contributed by atoms with Gasteiger partial charge in [0.15, 0.2) is 0 Å². The lowest BCUT2D eigenvalue weighted by Crippen LogP contribution is -2.26. The SMILES string of the molecule is O=C(Cc1ccccc1F)C1CC2CCC1O2. The first kappa shape index (κ1) is 10.9. The van der Waals surface area contributed by atoms with Gasteiger partial charge in [0.25, 0.3) is 0 Å². The number of halogens is 1. The van der Waals surface area contributed by atoms with Crippen LogP contribution in [-0.4, -0.2) is 18.0 Å². The van der Waals surface area contributed by atoms with Gasteiger partial charge < -0.3 is 4.74 Å². The Bertz CT molecular complexity index is 444. The van der Waals surface area contributed by atoms with Crippen LogP contribution in [0, 0.1) is 11.7 Å². The number of hydrogen-bond acceptors (Lipinski definition) is 2. The zero-order valence-corrected chi connectivity index (χ0v) is 9.56. The number of ketones is 1. The van der Waals surface area contributed by atoms with Crippen LogP contribution in [-0.2, 0) is 16.0 Å². The van der Waals surface area contributed by atoms with Gasteiger partial charge in [0.05, 0.1) is 12.2 Å². The van der Waals surface area contributed by atoms with E-state index in [-0.39, 0.29) is 36.1 Å². The van der Waals surface area contributed by atoms with Crippen LogP contribution in [0.25, 0.3) is 0 Å². The molecule has 1 aromatic rings. The van der Waals surface area contributed by atoms with Gasteiger partial charge in [-0.2, -0.15) is 0 Å². The number of carbonyl (C=O) groups is 1. The van der Waals surface area contributed by atoms with Gasteiger partial charge in [-0.05, 0) is 30.9 Å². The normalized spacial score (nSPS) is 30.8. The molecule has 0 aliphatic carbocycles. The second kappa shape index (κ2) is 4.22. The Labute approximate surface area is 99.8 Å². The second-order valence-electron chi connectivity index (χ2n) is 4.95. The molecule has 0 spiro atoms. The summed E-state index contributed by atoms with van der Waals surface area (Å²) in [6, 6.07) is 6.49. The Kier molecular flexibility index (Phi) is 2.71. The molecule has 2 bridgehead atoms. The lowest BCUT2D eigenvalue weighted by Gasteiger charge is -2.17. The molecule has 3 heteroatoms. The molecule has 3 rings (SSSR count). The van der Waals surface area contributed by atoms with Crippen LogP contribution in [0.15, 0.2) is 24.3 Å². The monoisotopic (exact) mass is 234 g/mol. The van der Waals surface area contributed by atoms with E-state index in [1.165, 1.54) is 6.07 Å². The van der Waals surface area contributed by atoms with Crippen molar-refractivity contribution in [3.8, 4) is 0 Å². The highest BCUT2D eigenvalue weighted by Gasteiger charge is 2.43. The molecule has 3 atom stereocenters. The zero-order valence-electron chi connectivity index (χ0n) is 9.56. The summed E-state index contributed by atoms with van der Waals surface area (Å²) in [7, 11) is 0. The lowest BCUT2D eigenvalue weighted by molar-refractivity contribution is -0.123. The van der Waals surface area contributed by atoms with E-state index < -0.39 is 0 Å². The molecule has 3 unspecified atom stereocenters. The first-order chi connectivity index (χ1) is 8.24. The smallest absolute Gasteiger partial charge is 0.143 e. The molecule has 1 aromatic carbocycles. The first-order valence-corrected chi connectivity index (χ1v) is 6.15. The highest BCUT2D eigenvalue weighted by molar-refractivity contribution is 5.84. The van der Waals surface area contributed by atoms with Crippen molar-refractivity contribution in [3.63, 3.8) is 0 Å². The van der Waals surface area contributed by atoms with E-state index in [0.29, 0.717) is 5.56 Å². The van der Waals surface area contributed by atoms with E-state index >= 15 is 0 Å². The van der Waals surface area contributed by atoms with Crippen molar-refractivity contribution in [1.82, 2.24) is 0 Å². The Balaban J connectivity index is 1.70. The van der Waals surface area contributed by atoms with Gasteiger partial charge in [-0.1, -0.05) is 18.2 Å². The van der Waals surface area contributed by atoms with Crippen molar-refractivity contribution in [2.24, 2.45) is 5.92 Å². The fraction of sp³-hybridized carbons (Fsp3) is 0.500. The van der Waals surface area contributed by atoms with Crippen molar-refractivity contribution in [1.29, 1.82) is 0 Å². The summed E-state index contributed by atoms with van der Waals surface area (Å²) in [4.78, 5) is 12.1. The molecule has 2 aliphatic heterocycles. The summed E-state index contributed by atoms with van der Waals surface area (Å²) in [6.45, 7) is 0. The van der Waals surface area contributed by atoms with Gasteiger partial charge in [-0.25, -0.2) is 4.39 Å². The largest absolute Gasteiger partial charge is 0.374 e. The van der Waals surface area contributed by atoms with Gasteiger partial charge in [0.1, 0.15) is 11.6 Å². The van der Waals surface area contributed by atoms with E-state index in [9.17, 15) is 9.18 Å². The molecule has 0 N–H and O–H groups in total. The number of benzene rings is 1. The molecule has 2 nitrogen and oxygen atoms in total. The topological polar surface area (TPSA) is 26.3 Å². The number of fused-ring (bicyclic) bond motifs is 2. The highest BCUT2D eigenvalue weighted by Crippen LogP contribution is 2.39. The minimum absolute atomic E-state index is 0.00615. The highest BCUT2D eigenvalue weighted by atomic mass is 19.1. The Morgan fingerprint density at radius 1 is 1.35 bits per heavy atom. The Hall–Kier alpha value is -1.22. The third kappa shape index (κ3) is 2.00. The number of Topliss-reactive ketones (excluding diaryl/α,β-unsaturated/α-hetero) is 1. The standard InChI is InChI=1S/C14H15FO2/c15-12-4-2-1-3-9(12)7-13(16)11-8-10-5-6-14(11)17-10/h1-4,10-11,14H,5-8H2. The maximum absolute atomic E-state index is 13.4. The van der Waals surface area contributed by atoms with E-state index in [1.54, 1.807) is 18.2 Å². The average Bonchev–Trinajstić information content (AvgIpc) is 2.94. The minimum atomic E-state index is -0.287. The predicted molar refractivity (Wildman–Crippen MR) is 61.1 cm³/mol. The summed E-state index contributed by atoms with van der Waals surface area (Å²) in [5.74, 6) is -0.166. The zero-order chi connectivity index (χ0) is 11.8. The van der Waals surface area contributed by atoms with Crippen LogP contribution in [0.3, 0.4) is 0 Å². The summed E-state index contributed by atoms with van der Waals surface area (Å²) < 4.78 is 19.1. The fourth-order valence-corrected chi connectivity index (χ4v) is 2.94. The molecule has 2 aliphatic rings. The lowest BCUT2D eigenvalue weighted by atomic mass is 9.84. The van der Waals surface area contributed by atoms with Gasteiger partial charge in [-0.15, -0.1) is 0 Å². The number of ether oxygens (including phenoxy) is 1. The van der Waals surface area contributed by atoms with Gasteiger partial charge in [-0.3, -0.25) is 4.79 Å². The van der Waals surface area contributed by atoms with E-state index in [2.05, 4.69) is 0 Å². The molecule has 0 saturated carbocycles. The van der Waals surface area contributed by atoms with Crippen LogP contribution in [0.5, 0.6) is 0 Å². The van der Waals surface area contributed by atoms with Crippen LogP contribution >= 0.6 is 0 Å². The van der Waals surface area contributed by atoms with E-state index in [0.717, 1.165) is 19.3 Å². The van der Waals surface area contributed by atoms with Gasteiger partial charge in [0, 0.05) is 12.3 Å². The maximum atomic E-state index is 13.4. The number of rotatable bonds is 3. The average molecular weight is 234 g/mol. The first-order valence-electron chi connectivity index (χ1n) is 6.15. The van der Waals surface area contributed by atoms with Crippen LogP contribution < -0.4 is 0 Å². The Morgan fingerprint density at radius 3 is 2.82 bits per heavy atom. The summed E-state index contributed by atoms with van der Waals surface area (Å²) in [5, 5.41) is 0. The van der Waals surface area contributed by atoms with E-state index in [1.807, 2.05) is 0 Å². The molecule has 2 fully saturated rings. The minimum Gasteiger partial charge on any atom is -0.374 e. The van der Waals surface area contributed by atoms with Crippen LogP contribution in [0.4, 0.5) is 4.39 Å². The molecule has 0 amide bonds. The third-order valence-corrected chi connectivity index (χ3v) is 3.84. The van der Waals surface area contributed by atoms with E-state index in [4.69, 9.17) is 4.74 Å². The summed E-state index contributed by atoms with van der Waals surface area (Å²) >= 11 is 0. The number of carbonyl (C=O) groups excluding carboxylic acids is 1. The molecular weight excluding hydrogens is 219 g/mol. The fourth-order valence-electron chi connectivity index (χ4n) is 2.94. The molecule has 2 heterocycles. The van der Waals surface area contributed by atoms with Crippen molar-refractivity contribution in [2.45, 2.75) is 37.9 Å². The third-order valence-electron chi connectivity index (χ3n) is 3.84. The maximum Gasteiger partial charge on any atom is 0.143 e. The second-order valence-corrected chi connectivity index (χ2v) is 4.95.